The number of benzene rings is 1. The molecule has 29 heavy (non-hydrogen) atoms. The third-order valence-electron chi connectivity index (χ3n) is 4.93. The molecule has 0 spiro atoms. The van der Waals surface area contributed by atoms with Crippen LogP contribution in [0.2, 0.25) is 0 Å². The molecule has 4 rings (SSSR count). The van der Waals surface area contributed by atoms with E-state index >= 15 is 0 Å². The van der Waals surface area contributed by atoms with Gasteiger partial charge >= 0.3 is 0 Å². The zero-order valence-corrected chi connectivity index (χ0v) is 15.6. The summed E-state index contributed by atoms with van der Waals surface area (Å²) >= 11 is 0. The van der Waals surface area contributed by atoms with E-state index in [-0.39, 0.29) is 17.5 Å². The molecule has 3 heterocycles. The van der Waals surface area contributed by atoms with Crippen molar-refractivity contribution in [3.8, 4) is 11.3 Å². The number of hydrogen-bond acceptors (Lipinski definition) is 5. The Labute approximate surface area is 166 Å². The molecule has 1 aliphatic heterocycles. The van der Waals surface area contributed by atoms with E-state index in [0.717, 1.165) is 42.4 Å². The van der Waals surface area contributed by atoms with Gasteiger partial charge in [-0.2, -0.15) is 0 Å². The number of carbonyl (C=O) groups excluding carboxylic acids is 1. The molecule has 1 saturated heterocycles. The minimum Gasteiger partial charge on any atom is -0.354 e. The van der Waals surface area contributed by atoms with Crippen molar-refractivity contribution in [2.75, 3.05) is 23.3 Å². The van der Waals surface area contributed by atoms with Crippen molar-refractivity contribution in [1.29, 1.82) is 0 Å². The van der Waals surface area contributed by atoms with Gasteiger partial charge in [-0.3, -0.25) is 9.78 Å². The average molecular weight is 395 g/mol. The summed E-state index contributed by atoms with van der Waals surface area (Å²) in [5.74, 6) is -1.27. The number of carbonyl (C=O) groups is 1. The molecule has 0 saturated carbocycles. The lowest BCUT2D eigenvalue weighted by molar-refractivity contribution is -0.120. The summed E-state index contributed by atoms with van der Waals surface area (Å²) < 4.78 is 27.1. The van der Waals surface area contributed by atoms with Gasteiger partial charge in [-0.15, -0.1) is 10.2 Å². The predicted octanol–water partition coefficient (Wildman–Crippen LogP) is 3.67. The molecule has 0 bridgehead atoms. The molecule has 2 aromatic heterocycles. The fraction of sp³-hybridized carbons (Fsp3) is 0.238. The number of piperidine rings is 1. The molecule has 1 aromatic carbocycles. The van der Waals surface area contributed by atoms with Crippen molar-refractivity contribution < 1.29 is 13.6 Å². The Morgan fingerprint density at radius 2 is 1.90 bits per heavy atom. The minimum atomic E-state index is -0.662. The van der Waals surface area contributed by atoms with Crippen LogP contribution in [-0.4, -0.2) is 34.2 Å². The number of rotatable bonds is 4. The maximum Gasteiger partial charge on any atom is 0.229 e. The third-order valence-corrected chi connectivity index (χ3v) is 4.93. The van der Waals surface area contributed by atoms with Gasteiger partial charge in [-0.1, -0.05) is 0 Å². The molecule has 148 valence electrons. The van der Waals surface area contributed by atoms with Gasteiger partial charge in [-0.25, -0.2) is 8.78 Å². The van der Waals surface area contributed by atoms with E-state index in [4.69, 9.17) is 0 Å². The second-order valence-corrected chi connectivity index (χ2v) is 6.91. The smallest absolute Gasteiger partial charge is 0.229 e. The molecule has 1 unspecified atom stereocenters. The highest BCUT2D eigenvalue weighted by molar-refractivity contribution is 5.93. The van der Waals surface area contributed by atoms with Crippen molar-refractivity contribution in [3.63, 3.8) is 0 Å². The number of aromatic nitrogens is 3. The van der Waals surface area contributed by atoms with Crippen LogP contribution >= 0.6 is 0 Å². The fourth-order valence-corrected chi connectivity index (χ4v) is 3.40. The van der Waals surface area contributed by atoms with Crippen molar-refractivity contribution in [2.45, 2.75) is 12.8 Å². The topological polar surface area (TPSA) is 71.0 Å². The lowest BCUT2D eigenvalue weighted by Crippen LogP contribution is -2.41. The first-order valence-electron chi connectivity index (χ1n) is 9.35. The van der Waals surface area contributed by atoms with Gasteiger partial charge in [0.25, 0.3) is 0 Å². The van der Waals surface area contributed by atoms with Gasteiger partial charge in [0.1, 0.15) is 11.6 Å². The molecule has 0 radical (unpaired) electrons. The maximum atomic E-state index is 13.8. The number of pyridine rings is 1. The standard InChI is InChI=1S/C21H19F2N5O/c22-16-3-4-17(23)19(12-16)25-21(29)15-2-1-11-28(13-15)20-6-5-18(26-27-20)14-7-9-24-10-8-14/h3-10,12,15H,1-2,11,13H2,(H,25,29). The summed E-state index contributed by atoms with van der Waals surface area (Å²) in [6.45, 7) is 1.19. The van der Waals surface area contributed by atoms with Crippen LogP contribution in [0.15, 0.2) is 54.9 Å². The zero-order chi connectivity index (χ0) is 20.2. The van der Waals surface area contributed by atoms with E-state index in [2.05, 4.69) is 20.5 Å². The van der Waals surface area contributed by atoms with Gasteiger partial charge in [0.15, 0.2) is 5.82 Å². The van der Waals surface area contributed by atoms with Crippen LogP contribution in [0.25, 0.3) is 11.3 Å². The molecule has 1 N–H and O–H groups in total. The summed E-state index contributed by atoms with van der Waals surface area (Å²) in [7, 11) is 0. The molecule has 1 aliphatic rings. The molecule has 6 nitrogen and oxygen atoms in total. The minimum absolute atomic E-state index is 0.145. The summed E-state index contributed by atoms with van der Waals surface area (Å²) in [5.41, 5.74) is 1.52. The highest BCUT2D eigenvalue weighted by Crippen LogP contribution is 2.25. The first-order valence-corrected chi connectivity index (χ1v) is 9.35. The first-order chi connectivity index (χ1) is 14.1. The van der Waals surface area contributed by atoms with Crippen molar-refractivity contribution in [1.82, 2.24) is 15.2 Å². The first kappa shape index (κ1) is 18.9. The number of halogens is 2. The van der Waals surface area contributed by atoms with Crippen molar-refractivity contribution in [3.05, 3.63) is 66.5 Å². The third kappa shape index (κ3) is 4.37. The van der Waals surface area contributed by atoms with Crippen LogP contribution in [0.1, 0.15) is 12.8 Å². The van der Waals surface area contributed by atoms with Crippen LogP contribution in [0.4, 0.5) is 20.3 Å². The van der Waals surface area contributed by atoms with Gasteiger partial charge in [0, 0.05) is 37.1 Å². The Hall–Kier alpha value is -3.42. The summed E-state index contributed by atoms with van der Waals surface area (Å²) in [4.78, 5) is 18.6. The van der Waals surface area contributed by atoms with E-state index in [1.165, 1.54) is 0 Å². The van der Waals surface area contributed by atoms with Gasteiger partial charge < -0.3 is 10.2 Å². The Morgan fingerprint density at radius 3 is 2.66 bits per heavy atom. The molecular weight excluding hydrogens is 376 g/mol. The molecule has 0 aliphatic carbocycles. The summed E-state index contributed by atoms with van der Waals surface area (Å²) in [6, 6.07) is 10.5. The van der Waals surface area contributed by atoms with Gasteiger partial charge in [-0.05, 0) is 49.2 Å². The van der Waals surface area contributed by atoms with Crippen LogP contribution in [-0.2, 0) is 4.79 Å². The normalized spacial score (nSPS) is 16.5. The van der Waals surface area contributed by atoms with E-state index < -0.39 is 11.6 Å². The Balaban J connectivity index is 1.44. The van der Waals surface area contributed by atoms with E-state index in [9.17, 15) is 13.6 Å². The SMILES string of the molecule is O=C(Nc1cc(F)ccc1F)C1CCCN(c2ccc(-c3ccncc3)nn2)C1. The number of amides is 1. The quantitative estimate of drug-likeness (QED) is 0.730. The summed E-state index contributed by atoms with van der Waals surface area (Å²) in [6.07, 6.45) is 4.85. The van der Waals surface area contributed by atoms with Crippen LogP contribution in [0.5, 0.6) is 0 Å². The zero-order valence-electron chi connectivity index (χ0n) is 15.6. The monoisotopic (exact) mass is 395 g/mol. The molecule has 8 heteroatoms. The largest absolute Gasteiger partial charge is 0.354 e. The number of nitrogens with zero attached hydrogens (tertiary/aromatic N) is 4. The van der Waals surface area contributed by atoms with E-state index in [1.54, 1.807) is 12.4 Å². The van der Waals surface area contributed by atoms with Crippen LogP contribution < -0.4 is 10.2 Å². The molecule has 1 fully saturated rings. The Kier molecular flexibility index (Phi) is 5.41. The molecule has 3 aromatic rings. The van der Waals surface area contributed by atoms with Crippen LogP contribution in [0.3, 0.4) is 0 Å². The van der Waals surface area contributed by atoms with E-state index in [0.29, 0.717) is 18.8 Å². The van der Waals surface area contributed by atoms with Crippen LogP contribution in [0, 0.1) is 17.6 Å². The predicted molar refractivity (Wildman–Crippen MR) is 105 cm³/mol. The number of hydrogen-bond donors (Lipinski definition) is 1. The maximum absolute atomic E-state index is 13.8. The van der Waals surface area contributed by atoms with Crippen molar-refractivity contribution >= 4 is 17.4 Å². The lowest BCUT2D eigenvalue weighted by atomic mass is 9.97. The fourth-order valence-electron chi connectivity index (χ4n) is 3.40. The Bertz CT molecular complexity index is 998. The second-order valence-electron chi connectivity index (χ2n) is 6.91. The number of anilines is 2. The highest BCUT2D eigenvalue weighted by Gasteiger charge is 2.27. The van der Waals surface area contributed by atoms with Crippen molar-refractivity contribution in [2.24, 2.45) is 5.92 Å². The molecule has 1 atom stereocenters. The van der Waals surface area contributed by atoms with Gasteiger partial charge in [0.05, 0.1) is 17.3 Å². The molecule has 1 amide bonds. The average Bonchev–Trinajstić information content (AvgIpc) is 2.77. The van der Waals surface area contributed by atoms with Gasteiger partial charge in [0.2, 0.25) is 5.91 Å². The second kappa shape index (κ2) is 8.30. The highest BCUT2D eigenvalue weighted by atomic mass is 19.1. The molecular formula is C21H19F2N5O. The summed E-state index contributed by atoms with van der Waals surface area (Å²) in [5, 5.41) is 11.1. The Morgan fingerprint density at radius 1 is 1.07 bits per heavy atom. The van der Waals surface area contributed by atoms with E-state index in [1.807, 2.05) is 29.2 Å². The number of nitrogens with one attached hydrogen (secondary N) is 1. The lowest BCUT2D eigenvalue weighted by Gasteiger charge is -2.32.